The second kappa shape index (κ2) is 8.37. The molecule has 3 rings (SSSR count). The first-order valence-electron chi connectivity index (χ1n) is 8.55. The highest BCUT2D eigenvalue weighted by atomic mass is 16.6. The number of hydrogen-bond acceptors (Lipinski definition) is 10. The van der Waals surface area contributed by atoms with Crippen molar-refractivity contribution in [1.29, 1.82) is 0 Å². The molecule has 2 aromatic heterocycles. The molecule has 1 aromatic carbocycles. The molecule has 12 heteroatoms. The Morgan fingerprint density at radius 3 is 2.72 bits per heavy atom. The number of ether oxygens (including phenoxy) is 2. The fraction of sp³-hybridized carbons (Fsp3) is 0.294. The number of nitrogens with zero attached hydrogens (tertiary/aromatic N) is 6. The largest absolute Gasteiger partial charge is 0.497 e. The van der Waals surface area contributed by atoms with E-state index in [1.54, 1.807) is 25.3 Å². The van der Waals surface area contributed by atoms with Crippen molar-refractivity contribution >= 4 is 17.9 Å². The zero-order valence-corrected chi connectivity index (χ0v) is 16.3. The molecule has 12 nitrogen and oxygen atoms in total. The Morgan fingerprint density at radius 1 is 1.31 bits per heavy atom. The molecule has 0 fully saturated rings. The van der Waals surface area contributed by atoms with Gasteiger partial charge in [0, 0.05) is 11.6 Å². The third-order valence-electron chi connectivity index (χ3n) is 3.97. The van der Waals surface area contributed by atoms with Gasteiger partial charge in [-0.2, -0.15) is 9.78 Å². The normalized spacial score (nSPS) is 11.2. The van der Waals surface area contributed by atoms with Gasteiger partial charge in [0.1, 0.15) is 11.5 Å². The SMILES string of the molecule is COc1ccc(/C=N\NC(=O)c2nnn(-c3nonc3N)c2C(C)C)c(OC)c1. The van der Waals surface area contributed by atoms with E-state index in [1.165, 1.54) is 18.0 Å². The maximum Gasteiger partial charge on any atom is 0.293 e. The predicted molar refractivity (Wildman–Crippen MR) is 102 cm³/mol. The van der Waals surface area contributed by atoms with Crippen LogP contribution in [0.2, 0.25) is 0 Å². The van der Waals surface area contributed by atoms with Crippen molar-refractivity contribution in [2.24, 2.45) is 5.10 Å². The summed E-state index contributed by atoms with van der Waals surface area (Å²) in [5.74, 6) is 0.722. The monoisotopic (exact) mass is 400 g/mol. The van der Waals surface area contributed by atoms with E-state index in [9.17, 15) is 4.79 Å². The topological polar surface area (TPSA) is 156 Å². The average molecular weight is 400 g/mol. The molecule has 29 heavy (non-hydrogen) atoms. The van der Waals surface area contributed by atoms with Gasteiger partial charge in [-0.3, -0.25) is 4.79 Å². The summed E-state index contributed by atoms with van der Waals surface area (Å²) in [5.41, 5.74) is 9.38. The number of nitrogen functional groups attached to an aromatic ring is 1. The summed E-state index contributed by atoms with van der Waals surface area (Å²) in [6.45, 7) is 3.75. The minimum absolute atomic E-state index is 0.0355. The summed E-state index contributed by atoms with van der Waals surface area (Å²) in [6, 6.07) is 5.22. The zero-order chi connectivity index (χ0) is 21.0. The van der Waals surface area contributed by atoms with Gasteiger partial charge in [0.15, 0.2) is 5.69 Å². The van der Waals surface area contributed by atoms with E-state index in [4.69, 9.17) is 15.2 Å². The summed E-state index contributed by atoms with van der Waals surface area (Å²) >= 11 is 0. The second-order valence-corrected chi connectivity index (χ2v) is 6.17. The Hall–Kier alpha value is -3.96. The van der Waals surface area contributed by atoms with Crippen LogP contribution in [0.1, 0.15) is 41.5 Å². The quantitative estimate of drug-likeness (QED) is 0.438. The van der Waals surface area contributed by atoms with E-state index >= 15 is 0 Å². The summed E-state index contributed by atoms with van der Waals surface area (Å²) in [7, 11) is 3.09. The Balaban J connectivity index is 1.82. The maximum atomic E-state index is 12.6. The van der Waals surface area contributed by atoms with Crippen LogP contribution in [0.3, 0.4) is 0 Å². The van der Waals surface area contributed by atoms with Gasteiger partial charge in [-0.1, -0.05) is 19.1 Å². The highest BCUT2D eigenvalue weighted by Crippen LogP contribution is 2.24. The molecule has 0 aliphatic rings. The number of methoxy groups -OCH3 is 2. The number of rotatable bonds is 7. The minimum Gasteiger partial charge on any atom is -0.497 e. The highest BCUT2D eigenvalue weighted by molar-refractivity contribution is 5.94. The van der Waals surface area contributed by atoms with Crippen LogP contribution in [-0.2, 0) is 0 Å². The van der Waals surface area contributed by atoms with Crippen molar-refractivity contribution in [2.45, 2.75) is 19.8 Å². The van der Waals surface area contributed by atoms with Gasteiger partial charge in [-0.05, 0) is 28.4 Å². The van der Waals surface area contributed by atoms with Crippen LogP contribution in [0.25, 0.3) is 5.82 Å². The third-order valence-corrected chi connectivity index (χ3v) is 3.97. The number of hydrogen-bond donors (Lipinski definition) is 2. The summed E-state index contributed by atoms with van der Waals surface area (Å²) in [4.78, 5) is 12.6. The van der Waals surface area contributed by atoms with Crippen LogP contribution in [0, 0.1) is 0 Å². The van der Waals surface area contributed by atoms with Gasteiger partial charge >= 0.3 is 0 Å². The average Bonchev–Trinajstić information content (AvgIpc) is 3.33. The molecule has 0 atom stereocenters. The van der Waals surface area contributed by atoms with Crippen molar-refractivity contribution in [3.8, 4) is 17.3 Å². The number of aromatic nitrogens is 5. The van der Waals surface area contributed by atoms with Gasteiger partial charge in [-0.25, -0.2) is 10.1 Å². The van der Waals surface area contributed by atoms with Crippen molar-refractivity contribution in [3.05, 3.63) is 35.2 Å². The number of anilines is 1. The summed E-state index contributed by atoms with van der Waals surface area (Å²) < 4.78 is 16.4. The number of benzene rings is 1. The Labute approximate surface area is 165 Å². The van der Waals surface area contributed by atoms with Gasteiger partial charge in [0.05, 0.1) is 26.1 Å². The molecule has 0 aliphatic heterocycles. The minimum atomic E-state index is -0.543. The predicted octanol–water partition coefficient (Wildman–Crippen LogP) is 1.14. The molecule has 3 N–H and O–H groups in total. The number of carbonyl (C=O) groups is 1. The van der Waals surface area contributed by atoms with E-state index in [2.05, 4.69) is 35.8 Å². The van der Waals surface area contributed by atoms with Crippen molar-refractivity contribution in [1.82, 2.24) is 30.7 Å². The second-order valence-electron chi connectivity index (χ2n) is 6.17. The Kier molecular flexibility index (Phi) is 5.71. The van der Waals surface area contributed by atoms with Crippen LogP contribution in [0.5, 0.6) is 11.5 Å². The van der Waals surface area contributed by atoms with Gasteiger partial charge < -0.3 is 15.2 Å². The van der Waals surface area contributed by atoms with Crippen LogP contribution < -0.4 is 20.6 Å². The van der Waals surface area contributed by atoms with E-state index in [1.807, 2.05) is 13.8 Å². The van der Waals surface area contributed by atoms with Crippen LogP contribution in [-0.4, -0.2) is 51.6 Å². The first kappa shape index (κ1) is 19.8. The zero-order valence-electron chi connectivity index (χ0n) is 16.3. The molecule has 0 unspecified atom stereocenters. The molecule has 0 spiro atoms. The van der Waals surface area contributed by atoms with Gasteiger partial charge in [0.25, 0.3) is 5.91 Å². The molecule has 2 heterocycles. The Morgan fingerprint density at radius 2 is 2.10 bits per heavy atom. The van der Waals surface area contributed by atoms with E-state index in [0.29, 0.717) is 22.8 Å². The lowest BCUT2D eigenvalue weighted by Gasteiger charge is -2.08. The van der Waals surface area contributed by atoms with Crippen molar-refractivity contribution in [3.63, 3.8) is 0 Å². The lowest BCUT2D eigenvalue weighted by molar-refractivity contribution is 0.0948. The molecule has 152 valence electrons. The molecule has 0 aliphatic carbocycles. The molecule has 0 saturated carbocycles. The van der Waals surface area contributed by atoms with Gasteiger partial charge in [0.2, 0.25) is 11.6 Å². The maximum absolute atomic E-state index is 12.6. The number of carbonyl (C=O) groups excluding carboxylic acids is 1. The third kappa shape index (κ3) is 4.00. The molecular weight excluding hydrogens is 380 g/mol. The number of hydrazone groups is 1. The lowest BCUT2D eigenvalue weighted by atomic mass is 10.1. The number of nitrogens with one attached hydrogen (secondary N) is 1. The summed E-state index contributed by atoms with van der Waals surface area (Å²) in [5, 5.41) is 19.1. The van der Waals surface area contributed by atoms with Crippen molar-refractivity contribution in [2.75, 3.05) is 20.0 Å². The van der Waals surface area contributed by atoms with Crippen molar-refractivity contribution < 1.29 is 18.9 Å². The molecule has 0 radical (unpaired) electrons. The fourth-order valence-electron chi connectivity index (χ4n) is 2.60. The lowest BCUT2D eigenvalue weighted by Crippen LogP contribution is -2.21. The Bertz CT molecular complexity index is 1040. The van der Waals surface area contributed by atoms with E-state index in [0.717, 1.165) is 0 Å². The smallest absolute Gasteiger partial charge is 0.293 e. The number of nitrogens with two attached hydrogens (primary N) is 1. The van der Waals surface area contributed by atoms with Crippen LogP contribution >= 0.6 is 0 Å². The molecule has 0 bridgehead atoms. The van der Waals surface area contributed by atoms with Gasteiger partial charge in [-0.15, -0.1) is 5.10 Å². The first-order valence-corrected chi connectivity index (χ1v) is 8.55. The molecule has 0 saturated heterocycles. The van der Waals surface area contributed by atoms with Crippen LogP contribution in [0.15, 0.2) is 27.9 Å². The fourth-order valence-corrected chi connectivity index (χ4v) is 2.60. The number of amides is 1. The van der Waals surface area contributed by atoms with E-state index < -0.39 is 5.91 Å². The standard InChI is InChI=1S/C17H20N8O4/c1-9(2)14-13(20-24-25(14)16-15(18)22-29-23-16)17(26)21-19-8-10-5-6-11(27-3)7-12(10)28-4/h5-9H,1-4H3,(H2,18,22)(H,21,26)/b19-8-. The molecule has 1 amide bonds. The molecule has 3 aromatic rings. The van der Waals surface area contributed by atoms with Crippen LogP contribution in [0.4, 0.5) is 5.82 Å². The summed E-state index contributed by atoms with van der Waals surface area (Å²) in [6.07, 6.45) is 1.45. The first-order chi connectivity index (χ1) is 14.0. The molecular formula is C17H20N8O4. The highest BCUT2D eigenvalue weighted by Gasteiger charge is 2.25. The van der Waals surface area contributed by atoms with E-state index in [-0.39, 0.29) is 23.2 Å².